The molecule has 2 N–H and O–H groups in total. The summed E-state index contributed by atoms with van der Waals surface area (Å²) in [6, 6.07) is 0. The van der Waals surface area contributed by atoms with Crippen molar-refractivity contribution < 1.29 is 15.0 Å². The van der Waals surface area contributed by atoms with Crippen LogP contribution in [0, 0.1) is 5.92 Å². The molecule has 0 aromatic heterocycles. The Morgan fingerprint density at radius 1 is 0.818 bits per heavy atom. The predicted octanol–water partition coefficient (Wildman–Crippen LogP) is 5.55. The van der Waals surface area contributed by atoms with Gasteiger partial charge in [0, 0.05) is 0 Å². The molecule has 1 atom stereocenters. The average Bonchev–Trinajstić information content (AvgIpc) is 2.43. The van der Waals surface area contributed by atoms with Crippen LogP contribution in [0.1, 0.15) is 104 Å². The van der Waals surface area contributed by atoms with Crippen LogP contribution in [0.3, 0.4) is 0 Å². The lowest BCUT2D eigenvalue weighted by Gasteiger charge is -2.17. The second-order valence-corrected chi connectivity index (χ2v) is 7.40. The smallest absolute Gasteiger partial charge is 0.335 e. The molecule has 0 saturated heterocycles. The van der Waals surface area contributed by atoms with Crippen molar-refractivity contribution in [2.24, 2.45) is 5.92 Å². The van der Waals surface area contributed by atoms with Crippen LogP contribution in [0.25, 0.3) is 0 Å². The SMILES string of the molecule is CC(C)CCCCCCCCCCCCCC(C)(O)C(=O)O. The van der Waals surface area contributed by atoms with Crippen LogP contribution in [0.2, 0.25) is 0 Å². The average molecular weight is 315 g/mol. The molecular weight excluding hydrogens is 276 g/mol. The molecule has 3 heteroatoms. The van der Waals surface area contributed by atoms with Gasteiger partial charge in [-0.3, -0.25) is 0 Å². The highest BCUT2D eigenvalue weighted by atomic mass is 16.4. The number of aliphatic hydroxyl groups is 1. The Morgan fingerprint density at radius 3 is 1.55 bits per heavy atom. The molecule has 132 valence electrons. The minimum absolute atomic E-state index is 0.360. The molecule has 0 heterocycles. The second-order valence-electron chi connectivity index (χ2n) is 7.40. The van der Waals surface area contributed by atoms with Gasteiger partial charge in [0.2, 0.25) is 0 Å². The fraction of sp³-hybridized carbons (Fsp3) is 0.947. The number of aliphatic carboxylic acids is 1. The molecule has 0 spiro atoms. The maximum Gasteiger partial charge on any atom is 0.335 e. The van der Waals surface area contributed by atoms with E-state index >= 15 is 0 Å². The van der Waals surface area contributed by atoms with E-state index in [0.717, 1.165) is 25.2 Å². The summed E-state index contributed by atoms with van der Waals surface area (Å²) in [5.74, 6) is -0.264. The Labute approximate surface area is 137 Å². The Balaban J connectivity index is 3.20. The molecule has 1 unspecified atom stereocenters. The Bertz CT molecular complexity index is 272. The number of carboxylic acids is 1. The molecule has 0 aromatic carbocycles. The summed E-state index contributed by atoms with van der Waals surface area (Å²) < 4.78 is 0. The second kappa shape index (κ2) is 12.9. The topological polar surface area (TPSA) is 57.5 Å². The number of rotatable bonds is 15. The molecule has 0 radical (unpaired) electrons. The summed E-state index contributed by atoms with van der Waals surface area (Å²) in [7, 11) is 0. The Kier molecular flexibility index (Phi) is 12.6. The van der Waals surface area contributed by atoms with Crippen molar-refractivity contribution >= 4 is 5.97 Å². The van der Waals surface area contributed by atoms with Crippen molar-refractivity contribution in [3.05, 3.63) is 0 Å². The highest BCUT2D eigenvalue weighted by Gasteiger charge is 2.28. The Morgan fingerprint density at radius 2 is 1.18 bits per heavy atom. The van der Waals surface area contributed by atoms with Gasteiger partial charge in [0.1, 0.15) is 0 Å². The van der Waals surface area contributed by atoms with E-state index in [9.17, 15) is 9.90 Å². The van der Waals surface area contributed by atoms with Gasteiger partial charge in [-0.1, -0.05) is 84.5 Å². The van der Waals surface area contributed by atoms with Crippen LogP contribution in [0.15, 0.2) is 0 Å². The van der Waals surface area contributed by atoms with E-state index in [1.54, 1.807) is 0 Å². The van der Waals surface area contributed by atoms with Crippen LogP contribution in [0.5, 0.6) is 0 Å². The van der Waals surface area contributed by atoms with Crippen LogP contribution in [-0.2, 0) is 4.79 Å². The van der Waals surface area contributed by atoms with Gasteiger partial charge in [0.25, 0.3) is 0 Å². The summed E-state index contributed by atoms with van der Waals surface area (Å²) in [4.78, 5) is 10.7. The lowest BCUT2D eigenvalue weighted by atomic mass is 9.97. The molecule has 0 rings (SSSR count). The first kappa shape index (κ1) is 21.4. The molecule has 0 aliphatic heterocycles. The van der Waals surface area contributed by atoms with Crippen LogP contribution >= 0.6 is 0 Å². The zero-order valence-corrected chi connectivity index (χ0v) is 15.1. The van der Waals surface area contributed by atoms with E-state index in [-0.39, 0.29) is 0 Å². The minimum Gasteiger partial charge on any atom is -0.479 e. The van der Waals surface area contributed by atoms with E-state index in [4.69, 9.17) is 5.11 Å². The number of unbranched alkanes of at least 4 members (excludes halogenated alkanes) is 10. The third-order valence-corrected chi connectivity index (χ3v) is 4.41. The molecule has 0 bridgehead atoms. The van der Waals surface area contributed by atoms with Gasteiger partial charge in [-0.15, -0.1) is 0 Å². The number of carbonyl (C=O) groups is 1. The molecule has 0 aliphatic rings. The standard InChI is InChI=1S/C19H38O3/c1-17(2)15-13-11-9-7-5-4-6-8-10-12-14-16-19(3,22)18(20)21/h17,22H,4-16H2,1-3H3,(H,20,21). The Hall–Kier alpha value is -0.570. The van der Waals surface area contributed by atoms with Gasteiger partial charge in [-0.2, -0.15) is 0 Å². The van der Waals surface area contributed by atoms with Crippen molar-refractivity contribution in [1.29, 1.82) is 0 Å². The van der Waals surface area contributed by atoms with E-state index < -0.39 is 11.6 Å². The number of carboxylic acid groups (broad SMARTS) is 1. The molecule has 0 aliphatic carbocycles. The largest absolute Gasteiger partial charge is 0.479 e. The lowest BCUT2D eigenvalue weighted by molar-refractivity contribution is -0.157. The monoisotopic (exact) mass is 314 g/mol. The summed E-state index contributed by atoms with van der Waals surface area (Å²) in [6.07, 6.45) is 15.5. The first-order valence-corrected chi connectivity index (χ1v) is 9.32. The highest BCUT2D eigenvalue weighted by molar-refractivity contribution is 5.76. The highest BCUT2D eigenvalue weighted by Crippen LogP contribution is 2.17. The molecule has 22 heavy (non-hydrogen) atoms. The van der Waals surface area contributed by atoms with Crippen molar-refractivity contribution in [3.8, 4) is 0 Å². The van der Waals surface area contributed by atoms with E-state index in [2.05, 4.69) is 13.8 Å². The maximum atomic E-state index is 10.7. The fourth-order valence-electron chi connectivity index (χ4n) is 2.72. The molecule has 0 saturated carbocycles. The van der Waals surface area contributed by atoms with Crippen molar-refractivity contribution in [2.75, 3.05) is 0 Å². The van der Waals surface area contributed by atoms with Crippen molar-refractivity contribution in [3.63, 3.8) is 0 Å². The zero-order chi connectivity index (χ0) is 16.8. The molecule has 0 fully saturated rings. The molecule has 3 nitrogen and oxygen atoms in total. The first-order valence-electron chi connectivity index (χ1n) is 9.32. The van der Waals surface area contributed by atoms with Crippen LogP contribution < -0.4 is 0 Å². The number of hydrogen-bond acceptors (Lipinski definition) is 2. The van der Waals surface area contributed by atoms with Gasteiger partial charge in [-0.05, 0) is 25.7 Å². The van der Waals surface area contributed by atoms with Gasteiger partial charge in [-0.25, -0.2) is 4.79 Å². The summed E-state index contributed by atoms with van der Waals surface area (Å²) in [6.45, 7) is 5.97. The third kappa shape index (κ3) is 13.1. The molecule has 0 aromatic rings. The van der Waals surface area contributed by atoms with Crippen LogP contribution in [0.4, 0.5) is 0 Å². The number of hydrogen-bond donors (Lipinski definition) is 2. The van der Waals surface area contributed by atoms with E-state index in [0.29, 0.717) is 6.42 Å². The fourth-order valence-corrected chi connectivity index (χ4v) is 2.72. The summed E-state index contributed by atoms with van der Waals surface area (Å²) >= 11 is 0. The van der Waals surface area contributed by atoms with Crippen molar-refractivity contribution in [1.82, 2.24) is 0 Å². The molecular formula is C19H38O3. The normalized spacial score (nSPS) is 14.2. The first-order chi connectivity index (χ1) is 10.4. The van der Waals surface area contributed by atoms with Crippen LogP contribution in [-0.4, -0.2) is 21.8 Å². The zero-order valence-electron chi connectivity index (χ0n) is 15.1. The van der Waals surface area contributed by atoms with Gasteiger partial charge < -0.3 is 10.2 Å². The minimum atomic E-state index is -1.55. The maximum absolute atomic E-state index is 10.7. The lowest BCUT2D eigenvalue weighted by Crippen LogP contribution is -2.34. The van der Waals surface area contributed by atoms with Gasteiger partial charge >= 0.3 is 5.97 Å². The van der Waals surface area contributed by atoms with Gasteiger partial charge in [0.05, 0.1) is 0 Å². The third-order valence-electron chi connectivity index (χ3n) is 4.41. The van der Waals surface area contributed by atoms with Gasteiger partial charge in [0.15, 0.2) is 5.60 Å². The summed E-state index contributed by atoms with van der Waals surface area (Å²) in [5, 5.41) is 18.4. The van der Waals surface area contributed by atoms with E-state index in [1.165, 1.54) is 64.7 Å². The summed E-state index contributed by atoms with van der Waals surface area (Å²) in [5.41, 5.74) is -1.55. The van der Waals surface area contributed by atoms with Crippen molar-refractivity contribution in [2.45, 2.75) is 110 Å². The van der Waals surface area contributed by atoms with E-state index in [1.807, 2.05) is 0 Å². The predicted molar refractivity (Wildman–Crippen MR) is 93.1 cm³/mol. The molecule has 0 amide bonds. The quantitative estimate of drug-likeness (QED) is 0.390.